The Morgan fingerprint density at radius 3 is 0.719 bits per heavy atom. The lowest BCUT2D eigenvalue weighted by Gasteiger charge is -2.26. The van der Waals surface area contributed by atoms with Crippen LogP contribution in [0, 0.1) is 0 Å². The summed E-state index contributed by atoms with van der Waals surface area (Å²) in [6.07, 6.45) is 0. The molecule has 0 aliphatic rings. The predicted molar refractivity (Wildman–Crippen MR) is 301 cm³/mol. The van der Waals surface area contributed by atoms with Gasteiger partial charge in [0.1, 0.15) is 0 Å². The van der Waals surface area contributed by atoms with Crippen molar-refractivity contribution in [2.75, 3.05) is 0 Å². The van der Waals surface area contributed by atoms with Gasteiger partial charge in [-0.3, -0.25) is 0 Å². The lowest BCUT2D eigenvalue weighted by atomic mass is 9.81. The van der Waals surface area contributed by atoms with E-state index >= 15 is 0 Å². The smallest absolute Gasteiger partial charge is 0.0656 e. The average Bonchev–Trinajstić information content (AvgIpc) is 3.20. The number of rotatable bonds is 8. The summed E-state index contributed by atoms with van der Waals surface area (Å²) in [5.74, 6) is 0. The Morgan fingerprint density at radius 1 is 0.266 bits per heavy atom. The third-order valence-electron chi connectivity index (χ3n) is 14.0. The molecule has 0 aliphatic carbocycles. The van der Waals surface area contributed by atoms with Gasteiger partial charge in [-0.05, 0) is 111 Å². The molecular weight excluding hydrogens is 833 g/mol. The highest BCUT2D eigenvalue weighted by Gasteiger charge is 2.28. The van der Waals surface area contributed by atoms with Gasteiger partial charge in [0, 0.05) is 0 Å². The topological polar surface area (TPSA) is 0 Å². The molecule has 4 heteroatoms. The summed E-state index contributed by atoms with van der Waals surface area (Å²) < 4.78 is 0. The van der Waals surface area contributed by atoms with E-state index in [1.165, 1.54) is 88.0 Å². The molecule has 0 amide bonds. The van der Waals surface area contributed by atoms with Crippen LogP contribution in [0.15, 0.2) is 121 Å². The minimum atomic E-state index is -1.66. The van der Waals surface area contributed by atoms with Crippen LogP contribution in [0.5, 0.6) is 0 Å². The second kappa shape index (κ2) is 15.6. The highest BCUT2D eigenvalue weighted by molar-refractivity contribution is 6.92. The largest absolute Gasteiger partial charge is 0.0776 e. The molecule has 0 nitrogen and oxygen atoms in total. The molecule has 0 aromatic heterocycles. The fourth-order valence-electron chi connectivity index (χ4n) is 9.55. The van der Waals surface area contributed by atoms with Crippen molar-refractivity contribution < 1.29 is 0 Å². The molecule has 8 rings (SSSR count). The standard InChI is InChI=1S/C60H74Si4/c1-59(2,3)43-23-19-39(20-24-43)53-37-55(41-31-45(61(7,8)9)35-46(32-41)62(10,11)12)51-30-28-50-54(40-21-25-44(26-22-40)60(4,5)6)38-56(52-29-27-49(53)57(51)58(50)52)42-33-47(63(13,14)15)36-48(34-42)64(16,17)18/h19-38H,1-18H3. The van der Waals surface area contributed by atoms with Crippen LogP contribution >= 0.6 is 0 Å². The van der Waals surface area contributed by atoms with Crippen LogP contribution in [0.1, 0.15) is 52.7 Å². The Balaban J connectivity index is 1.57. The minimum Gasteiger partial charge on any atom is -0.0656 e. The second-order valence-electron chi connectivity index (χ2n) is 25.3. The van der Waals surface area contributed by atoms with Crippen molar-refractivity contribution in [2.24, 2.45) is 0 Å². The van der Waals surface area contributed by atoms with Crippen LogP contribution in [0.2, 0.25) is 78.6 Å². The summed E-state index contributed by atoms with van der Waals surface area (Å²) >= 11 is 0. The average molecular weight is 908 g/mol. The predicted octanol–water partition coefficient (Wildman–Crippen LogP) is 16.0. The number of hydrogen-bond donors (Lipinski definition) is 0. The van der Waals surface area contributed by atoms with Crippen LogP contribution in [-0.4, -0.2) is 32.3 Å². The van der Waals surface area contributed by atoms with E-state index in [0.29, 0.717) is 0 Å². The SMILES string of the molecule is CC(C)(C)c1ccc(-c2cc(-c3cc([Si](C)(C)C)cc([Si](C)(C)C)c3)c3ccc4c(-c5ccc(C(C)(C)C)cc5)cc(-c5cc([Si](C)(C)C)cc([Si](C)(C)C)c5)c5ccc2c3c45)cc1. The molecule has 0 bridgehead atoms. The van der Waals surface area contributed by atoms with Gasteiger partial charge in [-0.25, -0.2) is 0 Å². The van der Waals surface area contributed by atoms with E-state index in [0.717, 1.165) is 0 Å². The maximum Gasteiger partial charge on any atom is 0.0776 e. The van der Waals surface area contributed by atoms with Crippen molar-refractivity contribution in [2.45, 2.75) is 131 Å². The first kappa shape index (κ1) is 46.2. The Kier molecular flexibility index (Phi) is 11.3. The van der Waals surface area contributed by atoms with E-state index in [1.54, 1.807) is 20.7 Å². The molecule has 0 unspecified atom stereocenters. The fourth-order valence-corrected chi connectivity index (χ4v) is 14.5. The third-order valence-corrected chi connectivity index (χ3v) is 22.1. The van der Waals surface area contributed by atoms with Crippen molar-refractivity contribution in [1.82, 2.24) is 0 Å². The van der Waals surface area contributed by atoms with Crippen molar-refractivity contribution in [1.29, 1.82) is 0 Å². The van der Waals surface area contributed by atoms with Gasteiger partial charge in [0.05, 0.1) is 32.3 Å². The summed E-state index contributed by atoms with van der Waals surface area (Å²) in [6, 6.07) is 49.4. The molecular formula is C60H74Si4. The molecule has 0 saturated heterocycles. The van der Waals surface area contributed by atoms with E-state index in [-0.39, 0.29) is 10.8 Å². The number of hydrogen-bond acceptors (Lipinski definition) is 0. The highest BCUT2D eigenvalue weighted by Crippen LogP contribution is 2.49. The van der Waals surface area contributed by atoms with Crippen molar-refractivity contribution in [3.63, 3.8) is 0 Å². The van der Waals surface area contributed by atoms with E-state index in [2.05, 4.69) is 241 Å². The van der Waals surface area contributed by atoms with Crippen LogP contribution in [-0.2, 0) is 10.8 Å². The van der Waals surface area contributed by atoms with E-state index in [4.69, 9.17) is 0 Å². The Labute approximate surface area is 391 Å². The van der Waals surface area contributed by atoms with Gasteiger partial charge in [0.15, 0.2) is 0 Å². The van der Waals surface area contributed by atoms with Gasteiger partial charge < -0.3 is 0 Å². The Bertz CT molecular complexity index is 2780. The Hall–Kier alpha value is -4.33. The summed E-state index contributed by atoms with van der Waals surface area (Å²) in [5.41, 5.74) is 13.5. The number of benzene rings is 8. The first-order valence-electron chi connectivity index (χ1n) is 23.8. The van der Waals surface area contributed by atoms with E-state index in [1.807, 2.05) is 0 Å². The molecule has 8 aromatic carbocycles. The van der Waals surface area contributed by atoms with Gasteiger partial charge >= 0.3 is 0 Å². The lowest BCUT2D eigenvalue weighted by molar-refractivity contribution is 0.590. The molecule has 0 fully saturated rings. The van der Waals surface area contributed by atoms with Gasteiger partial charge in [-0.1, -0.05) is 250 Å². The first-order chi connectivity index (χ1) is 29.5. The zero-order valence-electron chi connectivity index (χ0n) is 42.5. The molecule has 330 valence electrons. The van der Waals surface area contributed by atoms with Crippen LogP contribution in [0.3, 0.4) is 0 Å². The Morgan fingerprint density at radius 2 is 0.500 bits per heavy atom. The summed E-state index contributed by atoms with van der Waals surface area (Å²) in [4.78, 5) is 0. The van der Waals surface area contributed by atoms with Crippen molar-refractivity contribution in [3.05, 3.63) is 132 Å². The van der Waals surface area contributed by atoms with Crippen molar-refractivity contribution >= 4 is 85.4 Å². The van der Waals surface area contributed by atoms with E-state index in [9.17, 15) is 0 Å². The lowest BCUT2D eigenvalue weighted by Crippen LogP contribution is -2.45. The van der Waals surface area contributed by atoms with Crippen LogP contribution in [0.4, 0.5) is 0 Å². The summed E-state index contributed by atoms with van der Waals surface area (Å²) in [7, 11) is -6.62. The van der Waals surface area contributed by atoms with Gasteiger partial charge in [0.25, 0.3) is 0 Å². The molecule has 0 heterocycles. The molecule has 0 aliphatic heterocycles. The first-order valence-corrected chi connectivity index (χ1v) is 37.8. The van der Waals surface area contributed by atoms with Gasteiger partial charge in [-0.15, -0.1) is 0 Å². The molecule has 0 atom stereocenters. The molecule has 64 heavy (non-hydrogen) atoms. The zero-order valence-corrected chi connectivity index (χ0v) is 46.5. The minimum absolute atomic E-state index is 0.0802. The molecule has 0 saturated carbocycles. The van der Waals surface area contributed by atoms with Crippen molar-refractivity contribution in [3.8, 4) is 44.5 Å². The van der Waals surface area contributed by atoms with E-state index < -0.39 is 32.3 Å². The fraction of sp³-hybridized carbons (Fsp3) is 0.333. The quantitative estimate of drug-likeness (QED) is 0.105. The van der Waals surface area contributed by atoms with Gasteiger partial charge in [-0.2, -0.15) is 0 Å². The monoisotopic (exact) mass is 906 g/mol. The third kappa shape index (κ3) is 8.73. The maximum absolute atomic E-state index is 2.58. The second-order valence-corrected chi connectivity index (χ2v) is 45.6. The molecule has 8 aromatic rings. The maximum atomic E-state index is 2.58. The van der Waals surface area contributed by atoms with Crippen LogP contribution < -0.4 is 20.7 Å². The van der Waals surface area contributed by atoms with Gasteiger partial charge in [0.2, 0.25) is 0 Å². The normalized spacial score (nSPS) is 13.5. The summed E-state index contributed by atoms with van der Waals surface area (Å²) in [6.45, 7) is 44.0. The zero-order chi connectivity index (χ0) is 46.7. The van der Waals surface area contributed by atoms with Crippen LogP contribution in [0.25, 0.3) is 76.8 Å². The highest BCUT2D eigenvalue weighted by atomic mass is 28.3. The molecule has 0 N–H and O–H groups in total. The summed E-state index contributed by atoms with van der Waals surface area (Å²) in [5, 5.41) is 14.3. The molecule has 0 spiro atoms. The molecule has 0 radical (unpaired) electrons.